The molecule has 1 atom stereocenters. The van der Waals surface area contributed by atoms with Crippen molar-refractivity contribution in [3.05, 3.63) is 36.4 Å². The standard InChI is InChI=1S/C19H19N5O5S/c1-10(2)19(3,18(25)26)22-30(27,28)12-5-7-14-13-6-4-11(17-20-23-24-21-17)8-15(13)29-16(14)9-12/h4-10,22H,1-3H3,(H,25,26)(H,20,21,23,24)/t19-/m0/s1. The van der Waals surface area contributed by atoms with Crippen LogP contribution in [-0.4, -0.2) is 45.7 Å². The zero-order valence-electron chi connectivity index (χ0n) is 16.4. The molecule has 10 nitrogen and oxygen atoms in total. The molecule has 0 aliphatic carbocycles. The van der Waals surface area contributed by atoms with E-state index in [1.54, 1.807) is 26.0 Å². The number of nitrogens with zero attached hydrogens (tertiary/aromatic N) is 3. The van der Waals surface area contributed by atoms with Crippen molar-refractivity contribution in [1.82, 2.24) is 25.3 Å². The van der Waals surface area contributed by atoms with E-state index in [1.807, 2.05) is 12.1 Å². The number of nitrogens with one attached hydrogen (secondary N) is 2. The van der Waals surface area contributed by atoms with Gasteiger partial charge in [-0.1, -0.05) is 19.9 Å². The Labute approximate surface area is 171 Å². The van der Waals surface area contributed by atoms with Crippen molar-refractivity contribution in [2.75, 3.05) is 0 Å². The van der Waals surface area contributed by atoms with E-state index in [0.29, 0.717) is 22.6 Å². The van der Waals surface area contributed by atoms with E-state index in [-0.39, 0.29) is 4.90 Å². The van der Waals surface area contributed by atoms with Crippen LogP contribution < -0.4 is 4.72 Å². The first-order chi connectivity index (χ1) is 14.1. The summed E-state index contributed by atoms with van der Waals surface area (Å²) < 4.78 is 33.9. The summed E-state index contributed by atoms with van der Waals surface area (Å²) in [7, 11) is -4.10. The number of carboxylic acid groups (broad SMARTS) is 1. The minimum Gasteiger partial charge on any atom is -0.480 e. The molecule has 3 N–H and O–H groups in total. The maximum Gasteiger partial charge on any atom is 0.324 e. The highest BCUT2D eigenvalue weighted by molar-refractivity contribution is 7.89. The minimum absolute atomic E-state index is 0.0828. The maximum atomic E-state index is 12.9. The van der Waals surface area contributed by atoms with Gasteiger partial charge in [-0.2, -0.15) is 9.94 Å². The quantitative estimate of drug-likeness (QED) is 0.423. The average Bonchev–Trinajstić information content (AvgIpc) is 3.34. The van der Waals surface area contributed by atoms with Gasteiger partial charge in [0.1, 0.15) is 16.7 Å². The number of tetrazole rings is 1. The zero-order valence-corrected chi connectivity index (χ0v) is 17.2. The highest BCUT2D eigenvalue weighted by atomic mass is 32.2. The SMILES string of the molecule is CC(C)[C@](C)(NS(=O)(=O)c1ccc2c(c1)oc1cc(-c3nn[nH]n3)ccc12)C(=O)O. The second-order valence-electron chi connectivity index (χ2n) is 7.47. The van der Waals surface area contributed by atoms with E-state index in [4.69, 9.17) is 4.42 Å². The fourth-order valence-electron chi connectivity index (χ4n) is 3.09. The summed E-state index contributed by atoms with van der Waals surface area (Å²) in [5, 5.41) is 24.8. The second-order valence-corrected chi connectivity index (χ2v) is 9.16. The van der Waals surface area contributed by atoms with Gasteiger partial charge in [-0.25, -0.2) is 8.42 Å². The Morgan fingerprint density at radius 1 is 1.17 bits per heavy atom. The number of hydrogen-bond acceptors (Lipinski definition) is 7. The van der Waals surface area contributed by atoms with Gasteiger partial charge in [-0.3, -0.25) is 4.79 Å². The molecule has 30 heavy (non-hydrogen) atoms. The molecule has 156 valence electrons. The van der Waals surface area contributed by atoms with E-state index in [0.717, 1.165) is 10.8 Å². The molecular formula is C19H19N5O5S. The molecule has 0 fully saturated rings. The number of H-pyrrole nitrogens is 1. The molecular weight excluding hydrogens is 410 g/mol. The molecule has 0 aliphatic rings. The summed E-state index contributed by atoms with van der Waals surface area (Å²) in [6.07, 6.45) is 0. The molecule has 0 aliphatic heterocycles. The van der Waals surface area contributed by atoms with Crippen LogP contribution in [0.3, 0.4) is 0 Å². The van der Waals surface area contributed by atoms with Crippen molar-refractivity contribution in [2.24, 2.45) is 5.92 Å². The lowest BCUT2D eigenvalue weighted by Gasteiger charge is -2.29. The molecule has 0 saturated carbocycles. The number of carboxylic acids is 1. The van der Waals surface area contributed by atoms with Crippen molar-refractivity contribution < 1.29 is 22.7 Å². The third kappa shape index (κ3) is 3.21. The van der Waals surface area contributed by atoms with Crippen molar-refractivity contribution >= 4 is 37.9 Å². The Hall–Kier alpha value is -3.31. The first-order valence-corrected chi connectivity index (χ1v) is 10.6. The van der Waals surface area contributed by atoms with Gasteiger partial charge >= 0.3 is 5.97 Å². The lowest BCUT2D eigenvalue weighted by Crippen LogP contribution is -2.55. The predicted molar refractivity (Wildman–Crippen MR) is 108 cm³/mol. The van der Waals surface area contributed by atoms with Crippen LogP contribution in [0.2, 0.25) is 0 Å². The van der Waals surface area contributed by atoms with Gasteiger partial charge in [0.15, 0.2) is 0 Å². The third-order valence-corrected chi connectivity index (χ3v) is 6.87. The first kappa shape index (κ1) is 20.0. The number of benzene rings is 2. The fraction of sp³-hybridized carbons (Fsp3) is 0.263. The van der Waals surface area contributed by atoms with Crippen LogP contribution in [0.25, 0.3) is 33.3 Å². The number of sulfonamides is 1. The molecule has 2 heterocycles. The fourth-order valence-corrected chi connectivity index (χ4v) is 4.60. The highest BCUT2D eigenvalue weighted by Crippen LogP contribution is 2.33. The van der Waals surface area contributed by atoms with E-state index in [1.165, 1.54) is 19.1 Å². The number of furan rings is 1. The van der Waals surface area contributed by atoms with E-state index >= 15 is 0 Å². The van der Waals surface area contributed by atoms with Gasteiger partial charge in [0.25, 0.3) is 0 Å². The molecule has 2 aromatic heterocycles. The summed E-state index contributed by atoms with van der Waals surface area (Å²) in [4.78, 5) is 11.6. The Kier molecular flexibility index (Phi) is 4.59. The Morgan fingerprint density at radius 2 is 1.83 bits per heavy atom. The lowest BCUT2D eigenvalue weighted by atomic mass is 9.90. The Balaban J connectivity index is 1.77. The van der Waals surface area contributed by atoms with Gasteiger partial charge in [0.05, 0.1) is 4.90 Å². The van der Waals surface area contributed by atoms with Crippen LogP contribution in [0.1, 0.15) is 20.8 Å². The highest BCUT2D eigenvalue weighted by Gasteiger charge is 2.41. The van der Waals surface area contributed by atoms with Crippen LogP contribution >= 0.6 is 0 Å². The zero-order chi connectivity index (χ0) is 21.7. The molecule has 0 radical (unpaired) electrons. The molecule has 2 aromatic carbocycles. The number of carbonyl (C=O) groups is 1. The number of fused-ring (bicyclic) bond motifs is 3. The van der Waals surface area contributed by atoms with E-state index in [2.05, 4.69) is 25.3 Å². The second kappa shape index (κ2) is 6.89. The summed E-state index contributed by atoms with van der Waals surface area (Å²) in [6.45, 7) is 4.62. The van der Waals surface area contributed by atoms with Crippen LogP contribution in [-0.2, 0) is 14.8 Å². The van der Waals surface area contributed by atoms with E-state index < -0.39 is 27.4 Å². The van der Waals surface area contributed by atoms with Gasteiger partial charge in [-0.15, -0.1) is 10.2 Å². The molecule has 4 rings (SSSR count). The van der Waals surface area contributed by atoms with Crippen LogP contribution in [0.15, 0.2) is 45.7 Å². The van der Waals surface area contributed by atoms with Crippen molar-refractivity contribution in [3.8, 4) is 11.4 Å². The number of aromatic amines is 1. The third-order valence-electron chi connectivity index (χ3n) is 5.30. The van der Waals surface area contributed by atoms with Crippen molar-refractivity contribution in [3.63, 3.8) is 0 Å². The van der Waals surface area contributed by atoms with E-state index in [9.17, 15) is 18.3 Å². The molecule has 0 bridgehead atoms. The predicted octanol–water partition coefficient (Wildman–Crippen LogP) is 2.54. The number of hydrogen-bond donors (Lipinski definition) is 3. The first-order valence-electron chi connectivity index (χ1n) is 9.09. The monoisotopic (exact) mass is 429 g/mol. The van der Waals surface area contributed by atoms with Gasteiger partial charge in [0.2, 0.25) is 15.8 Å². The topological polar surface area (TPSA) is 151 Å². The molecule has 4 aromatic rings. The normalized spacial score (nSPS) is 14.4. The number of aromatic nitrogens is 4. The molecule has 0 spiro atoms. The van der Waals surface area contributed by atoms with Gasteiger partial charge < -0.3 is 9.52 Å². The van der Waals surface area contributed by atoms with Crippen LogP contribution in [0.5, 0.6) is 0 Å². The minimum atomic E-state index is -4.10. The van der Waals surface area contributed by atoms with Crippen LogP contribution in [0.4, 0.5) is 0 Å². The van der Waals surface area contributed by atoms with Gasteiger partial charge in [0, 0.05) is 22.4 Å². The molecule has 0 amide bonds. The van der Waals surface area contributed by atoms with Crippen molar-refractivity contribution in [1.29, 1.82) is 0 Å². The smallest absolute Gasteiger partial charge is 0.324 e. The van der Waals surface area contributed by atoms with Crippen LogP contribution in [0, 0.1) is 5.92 Å². The number of aliphatic carboxylic acids is 1. The summed E-state index contributed by atoms with van der Waals surface area (Å²) in [5.41, 5.74) is -0.0627. The maximum absolute atomic E-state index is 12.9. The average molecular weight is 429 g/mol. The van der Waals surface area contributed by atoms with Crippen molar-refractivity contribution in [2.45, 2.75) is 31.2 Å². The Morgan fingerprint density at radius 3 is 2.43 bits per heavy atom. The molecule has 0 saturated heterocycles. The summed E-state index contributed by atoms with van der Waals surface area (Å²) in [6, 6.07) is 9.84. The number of rotatable bonds is 6. The summed E-state index contributed by atoms with van der Waals surface area (Å²) >= 11 is 0. The molecule has 0 unspecified atom stereocenters. The summed E-state index contributed by atoms with van der Waals surface area (Å²) in [5.74, 6) is -1.31. The van der Waals surface area contributed by atoms with Gasteiger partial charge in [-0.05, 0) is 42.3 Å². The Bertz CT molecular complexity index is 1360. The lowest BCUT2D eigenvalue weighted by molar-refractivity contribution is -0.145. The molecule has 11 heteroatoms. The largest absolute Gasteiger partial charge is 0.480 e.